The molecule has 1 amide bonds. The monoisotopic (exact) mass is 358 g/mol. The van der Waals surface area contributed by atoms with Gasteiger partial charge in [-0.3, -0.25) is 24.3 Å². The van der Waals surface area contributed by atoms with Gasteiger partial charge in [-0.25, -0.2) is 4.98 Å². The van der Waals surface area contributed by atoms with Crippen LogP contribution in [0.25, 0.3) is 11.0 Å². The van der Waals surface area contributed by atoms with E-state index in [0.717, 1.165) is 6.20 Å². The minimum atomic E-state index is -0.625. The molecule has 3 aromatic rings. The summed E-state index contributed by atoms with van der Waals surface area (Å²) in [6.45, 7) is -0.314. The Bertz CT molecular complexity index is 1050. The number of carbonyl (C=O) groups excluding carboxylic acids is 1. The van der Waals surface area contributed by atoms with Crippen molar-refractivity contribution in [1.82, 2.24) is 9.55 Å². The van der Waals surface area contributed by atoms with Gasteiger partial charge in [0.15, 0.2) is 0 Å². The highest BCUT2D eigenvalue weighted by atomic mass is 35.5. The standard InChI is InChI=1S/C16H11ClN4O4/c17-10-5-6-14(21(24)25)12(7-10)19-15(22)9-20-13-4-2-1-3-11(13)18-8-16(20)23/h1-8H,9H2,(H,19,22). The smallest absolute Gasteiger partial charge is 0.292 e. The van der Waals surface area contributed by atoms with E-state index in [1.807, 2.05) is 0 Å². The second kappa shape index (κ2) is 6.70. The van der Waals surface area contributed by atoms with E-state index in [0.29, 0.717) is 11.0 Å². The SMILES string of the molecule is O=C(Cn1c(=O)cnc2ccccc21)Nc1cc(Cl)ccc1[N+](=O)[O-]. The maximum atomic E-state index is 12.3. The lowest BCUT2D eigenvalue weighted by molar-refractivity contribution is -0.383. The highest BCUT2D eigenvalue weighted by Gasteiger charge is 2.17. The number of nitrogens with zero attached hydrogens (tertiary/aromatic N) is 3. The number of nitro benzene ring substituents is 1. The van der Waals surface area contributed by atoms with Crippen molar-refractivity contribution in [1.29, 1.82) is 0 Å². The van der Waals surface area contributed by atoms with Crippen LogP contribution in [0.3, 0.4) is 0 Å². The molecule has 1 heterocycles. The molecule has 8 nitrogen and oxygen atoms in total. The number of hydrogen-bond donors (Lipinski definition) is 1. The number of rotatable bonds is 4. The fourth-order valence-corrected chi connectivity index (χ4v) is 2.55. The minimum absolute atomic E-state index is 0.0334. The third kappa shape index (κ3) is 3.48. The predicted octanol–water partition coefficient (Wildman–Crippen LogP) is 2.60. The van der Waals surface area contributed by atoms with Crippen LogP contribution in [0.4, 0.5) is 11.4 Å². The molecular formula is C16H11ClN4O4. The lowest BCUT2D eigenvalue weighted by atomic mass is 10.2. The molecule has 0 unspecified atom stereocenters. The van der Waals surface area contributed by atoms with Crippen LogP contribution in [0.2, 0.25) is 5.02 Å². The molecule has 0 radical (unpaired) electrons. The molecule has 0 bridgehead atoms. The number of para-hydroxylation sites is 2. The van der Waals surface area contributed by atoms with Gasteiger partial charge in [0.25, 0.3) is 11.2 Å². The molecule has 0 aliphatic rings. The Morgan fingerprint density at radius 3 is 2.80 bits per heavy atom. The predicted molar refractivity (Wildman–Crippen MR) is 92.7 cm³/mol. The Kier molecular flexibility index (Phi) is 4.44. The van der Waals surface area contributed by atoms with E-state index >= 15 is 0 Å². The van der Waals surface area contributed by atoms with E-state index in [4.69, 9.17) is 11.6 Å². The highest BCUT2D eigenvalue weighted by Crippen LogP contribution is 2.27. The van der Waals surface area contributed by atoms with Crippen molar-refractivity contribution in [2.24, 2.45) is 0 Å². The number of nitrogens with one attached hydrogen (secondary N) is 1. The summed E-state index contributed by atoms with van der Waals surface area (Å²) in [6.07, 6.45) is 1.12. The van der Waals surface area contributed by atoms with Gasteiger partial charge in [-0.15, -0.1) is 0 Å². The van der Waals surface area contributed by atoms with Crippen molar-refractivity contribution in [2.45, 2.75) is 6.54 Å². The van der Waals surface area contributed by atoms with Gasteiger partial charge in [0, 0.05) is 11.1 Å². The fraction of sp³-hybridized carbons (Fsp3) is 0.0625. The van der Waals surface area contributed by atoms with E-state index in [-0.39, 0.29) is 22.9 Å². The Morgan fingerprint density at radius 2 is 2.04 bits per heavy atom. The molecular weight excluding hydrogens is 348 g/mol. The van der Waals surface area contributed by atoms with Gasteiger partial charge in [0.1, 0.15) is 12.2 Å². The molecule has 0 aliphatic heterocycles. The molecule has 1 N–H and O–H groups in total. The second-order valence-corrected chi connectivity index (χ2v) is 5.57. The number of nitro groups is 1. The van der Waals surface area contributed by atoms with E-state index in [2.05, 4.69) is 10.3 Å². The molecule has 0 fully saturated rings. The molecule has 2 aromatic carbocycles. The molecule has 0 aliphatic carbocycles. The minimum Gasteiger partial charge on any atom is -0.319 e. The summed E-state index contributed by atoms with van der Waals surface area (Å²) in [6, 6.07) is 10.7. The summed E-state index contributed by atoms with van der Waals surface area (Å²) >= 11 is 5.83. The van der Waals surface area contributed by atoms with E-state index in [9.17, 15) is 19.7 Å². The zero-order valence-corrected chi connectivity index (χ0v) is 13.4. The van der Waals surface area contributed by atoms with Crippen molar-refractivity contribution in [3.05, 3.63) is 74.2 Å². The quantitative estimate of drug-likeness (QED) is 0.569. The van der Waals surface area contributed by atoms with Crippen LogP contribution < -0.4 is 10.9 Å². The van der Waals surface area contributed by atoms with Crippen LogP contribution in [-0.2, 0) is 11.3 Å². The summed E-state index contributed by atoms with van der Waals surface area (Å²) < 4.78 is 1.24. The number of halogens is 1. The van der Waals surface area contributed by atoms with E-state index in [1.165, 1.54) is 22.8 Å². The highest BCUT2D eigenvalue weighted by molar-refractivity contribution is 6.31. The third-order valence-electron chi connectivity index (χ3n) is 3.48. The maximum Gasteiger partial charge on any atom is 0.292 e. The van der Waals surface area contributed by atoms with Gasteiger partial charge in [-0.1, -0.05) is 23.7 Å². The molecule has 25 heavy (non-hydrogen) atoms. The molecule has 0 saturated heterocycles. The van der Waals surface area contributed by atoms with Gasteiger partial charge >= 0.3 is 0 Å². The first kappa shape index (κ1) is 16.6. The van der Waals surface area contributed by atoms with Gasteiger partial charge in [0.05, 0.1) is 22.2 Å². The Labute approximate surface area is 145 Å². The van der Waals surface area contributed by atoms with Crippen LogP contribution in [0.15, 0.2) is 53.5 Å². The number of carbonyl (C=O) groups is 1. The topological polar surface area (TPSA) is 107 Å². The maximum absolute atomic E-state index is 12.3. The third-order valence-corrected chi connectivity index (χ3v) is 3.72. The Balaban J connectivity index is 1.92. The van der Waals surface area contributed by atoms with Crippen molar-refractivity contribution in [2.75, 3.05) is 5.32 Å². The Hall–Kier alpha value is -3.26. The van der Waals surface area contributed by atoms with Gasteiger partial charge < -0.3 is 5.32 Å². The molecule has 3 rings (SSSR count). The zero-order valence-electron chi connectivity index (χ0n) is 12.7. The number of benzene rings is 2. The number of aromatic nitrogens is 2. The fourth-order valence-electron chi connectivity index (χ4n) is 2.38. The second-order valence-electron chi connectivity index (χ2n) is 5.14. The first-order chi connectivity index (χ1) is 12.0. The van der Waals surface area contributed by atoms with E-state index in [1.54, 1.807) is 24.3 Å². The number of amides is 1. The van der Waals surface area contributed by atoms with Crippen molar-refractivity contribution in [3.63, 3.8) is 0 Å². The van der Waals surface area contributed by atoms with Crippen molar-refractivity contribution < 1.29 is 9.72 Å². The van der Waals surface area contributed by atoms with Crippen molar-refractivity contribution >= 4 is 39.9 Å². The largest absolute Gasteiger partial charge is 0.319 e. The van der Waals surface area contributed by atoms with Crippen LogP contribution in [0, 0.1) is 10.1 Å². The lowest BCUT2D eigenvalue weighted by Gasteiger charge is -2.10. The zero-order chi connectivity index (χ0) is 18.0. The van der Waals surface area contributed by atoms with Gasteiger partial charge in [0.2, 0.25) is 5.91 Å². The lowest BCUT2D eigenvalue weighted by Crippen LogP contribution is -2.28. The summed E-state index contributed by atoms with van der Waals surface area (Å²) in [5.74, 6) is -0.594. The van der Waals surface area contributed by atoms with Crippen LogP contribution in [0.5, 0.6) is 0 Å². The summed E-state index contributed by atoms with van der Waals surface area (Å²) in [4.78, 5) is 38.8. The molecule has 9 heteroatoms. The molecule has 0 saturated carbocycles. The average molecular weight is 359 g/mol. The molecule has 0 atom stereocenters. The number of anilines is 1. The average Bonchev–Trinajstić information content (AvgIpc) is 2.57. The van der Waals surface area contributed by atoms with Crippen molar-refractivity contribution in [3.8, 4) is 0 Å². The normalized spacial score (nSPS) is 10.6. The number of hydrogen-bond acceptors (Lipinski definition) is 5. The Morgan fingerprint density at radius 1 is 1.28 bits per heavy atom. The van der Waals surface area contributed by atoms with E-state index < -0.39 is 16.4 Å². The van der Waals surface area contributed by atoms with Gasteiger partial charge in [-0.2, -0.15) is 0 Å². The van der Waals surface area contributed by atoms with Crippen LogP contribution in [0.1, 0.15) is 0 Å². The number of fused-ring (bicyclic) bond motifs is 1. The first-order valence-electron chi connectivity index (χ1n) is 7.14. The van der Waals surface area contributed by atoms with Crippen LogP contribution in [-0.4, -0.2) is 20.4 Å². The molecule has 0 spiro atoms. The van der Waals surface area contributed by atoms with Gasteiger partial charge in [-0.05, 0) is 24.3 Å². The van der Waals surface area contributed by atoms with Crippen LogP contribution >= 0.6 is 11.6 Å². The first-order valence-corrected chi connectivity index (χ1v) is 7.52. The molecule has 1 aromatic heterocycles. The summed E-state index contributed by atoms with van der Waals surface area (Å²) in [5.41, 5.74) is 0.280. The molecule has 126 valence electrons. The summed E-state index contributed by atoms with van der Waals surface area (Å²) in [5, 5.41) is 13.7. The summed E-state index contributed by atoms with van der Waals surface area (Å²) in [7, 11) is 0.